The monoisotopic (exact) mass is 216 g/mol. The smallest absolute Gasteiger partial charge is 0.283 e. The van der Waals surface area contributed by atoms with Gasteiger partial charge in [0.25, 0.3) is 5.82 Å². The maximum atomic E-state index is 3.88. The molecular formula is C8H13BrN2. The highest BCUT2D eigenvalue weighted by atomic mass is 79.9. The van der Waals surface area contributed by atoms with Crippen LogP contribution >= 0.6 is 0 Å². The fourth-order valence-electron chi connectivity index (χ4n) is 1.19. The molecule has 1 heterocycles. The highest BCUT2D eigenvalue weighted by Gasteiger charge is 2.10. The van der Waals surface area contributed by atoms with Crippen molar-refractivity contribution >= 4 is 5.57 Å². The highest BCUT2D eigenvalue weighted by Crippen LogP contribution is 2.03. The second-order valence-electron chi connectivity index (χ2n) is 2.62. The van der Waals surface area contributed by atoms with E-state index in [2.05, 4.69) is 15.7 Å². The van der Waals surface area contributed by atoms with Gasteiger partial charge in [-0.25, -0.2) is 9.13 Å². The van der Waals surface area contributed by atoms with Gasteiger partial charge < -0.3 is 17.0 Å². The first-order valence-electron chi connectivity index (χ1n) is 3.29. The van der Waals surface area contributed by atoms with Gasteiger partial charge in [0.05, 0.1) is 14.1 Å². The van der Waals surface area contributed by atoms with Gasteiger partial charge in [-0.1, -0.05) is 6.58 Å². The minimum absolute atomic E-state index is 0. The maximum Gasteiger partial charge on any atom is 0.283 e. The van der Waals surface area contributed by atoms with Crippen LogP contribution in [-0.2, 0) is 14.1 Å². The number of nitrogens with zero attached hydrogens (tertiary/aromatic N) is 2. The molecule has 0 saturated carbocycles. The van der Waals surface area contributed by atoms with Crippen molar-refractivity contribution in [1.82, 2.24) is 4.57 Å². The van der Waals surface area contributed by atoms with Crippen LogP contribution < -0.4 is 21.5 Å². The van der Waals surface area contributed by atoms with E-state index < -0.39 is 0 Å². The number of hydrogen-bond donors (Lipinski definition) is 0. The van der Waals surface area contributed by atoms with Crippen molar-refractivity contribution in [3.8, 4) is 0 Å². The summed E-state index contributed by atoms with van der Waals surface area (Å²) in [4.78, 5) is 0. The van der Waals surface area contributed by atoms with Gasteiger partial charge in [-0.2, -0.15) is 0 Å². The Labute approximate surface area is 77.9 Å². The Morgan fingerprint density at radius 1 is 1.64 bits per heavy atom. The summed E-state index contributed by atoms with van der Waals surface area (Å²) < 4.78 is 4.12. The molecule has 3 heteroatoms. The molecule has 0 saturated heterocycles. The Bertz CT molecular complexity index is 244. The third-order valence-electron chi connectivity index (χ3n) is 1.56. The maximum absolute atomic E-state index is 3.88. The molecule has 1 aromatic rings. The molecule has 1 aromatic heterocycles. The van der Waals surface area contributed by atoms with E-state index in [0.717, 1.165) is 5.57 Å². The van der Waals surface area contributed by atoms with Crippen LogP contribution in [0.25, 0.3) is 5.57 Å². The summed E-state index contributed by atoms with van der Waals surface area (Å²) in [5.41, 5.74) is 1.09. The van der Waals surface area contributed by atoms with E-state index in [-0.39, 0.29) is 17.0 Å². The van der Waals surface area contributed by atoms with Crippen LogP contribution in [0.1, 0.15) is 12.7 Å². The molecule has 0 unspecified atom stereocenters. The summed E-state index contributed by atoms with van der Waals surface area (Å²) in [7, 11) is 4.04. The van der Waals surface area contributed by atoms with Crippen LogP contribution in [0, 0.1) is 0 Å². The van der Waals surface area contributed by atoms with E-state index in [0.29, 0.717) is 0 Å². The zero-order chi connectivity index (χ0) is 7.72. The zero-order valence-electron chi connectivity index (χ0n) is 7.13. The van der Waals surface area contributed by atoms with Crippen molar-refractivity contribution in [2.75, 3.05) is 0 Å². The van der Waals surface area contributed by atoms with Crippen molar-refractivity contribution in [2.24, 2.45) is 14.1 Å². The molecule has 0 aliphatic heterocycles. The van der Waals surface area contributed by atoms with Crippen molar-refractivity contribution in [2.45, 2.75) is 6.92 Å². The summed E-state index contributed by atoms with van der Waals surface area (Å²) in [6.07, 6.45) is 4.04. The van der Waals surface area contributed by atoms with Gasteiger partial charge in [0, 0.05) is 5.57 Å². The molecule has 0 radical (unpaired) electrons. The minimum atomic E-state index is 0. The van der Waals surface area contributed by atoms with E-state index in [1.807, 2.05) is 33.4 Å². The van der Waals surface area contributed by atoms with E-state index >= 15 is 0 Å². The number of allylic oxidation sites excluding steroid dienone is 1. The summed E-state index contributed by atoms with van der Waals surface area (Å²) in [6, 6.07) is 0. The quantitative estimate of drug-likeness (QED) is 0.476. The largest absolute Gasteiger partial charge is 1.00 e. The molecule has 0 fully saturated rings. The van der Waals surface area contributed by atoms with E-state index in [1.165, 1.54) is 5.82 Å². The summed E-state index contributed by atoms with van der Waals surface area (Å²) >= 11 is 0. The fraction of sp³-hybridized carbons (Fsp3) is 0.375. The third-order valence-corrected chi connectivity index (χ3v) is 1.56. The number of hydrogen-bond acceptors (Lipinski definition) is 0. The second kappa shape index (κ2) is 3.72. The number of rotatable bonds is 1. The van der Waals surface area contributed by atoms with Gasteiger partial charge in [0.1, 0.15) is 12.4 Å². The molecule has 62 valence electrons. The van der Waals surface area contributed by atoms with Crippen LogP contribution in [-0.4, -0.2) is 4.57 Å². The van der Waals surface area contributed by atoms with Crippen molar-refractivity contribution in [3.05, 3.63) is 24.8 Å². The van der Waals surface area contributed by atoms with Gasteiger partial charge >= 0.3 is 0 Å². The first-order chi connectivity index (χ1) is 4.63. The number of aromatic nitrogens is 2. The van der Waals surface area contributed by atoms with Gasteiger partial charge in [-0.15, -0.1) is 0 Å². The molecule has 0 spiro atoms. The number of aryl methyl sites for hydroxylation is 2. The number of imidazole rings is 1. The molecule has 0 amide bonds. The highest BCUT2D eigenvalue weighted by molar-refractivity contribution is 5.52. The Kier molecular flexibility index (Phi) is 3.52. The van der Waals surface area contributed by atoms with E-state index in [1.54, 1.807) is 0 Å². The van der Waals surface area contributed by atoms with Crippen LogP contribution in [0.3, 0.4) is 0 Å². The summed E-state index contributed by atoms with van der Waals surface area (Å²) in [5.74, 6) is 1.17. The predicted molar refractivity (Wildman–Crippen MR) is 41.3 cm³/mol. The van der Waals surface area contributed by atoms with Crippen LogP contribution in [0.5, 0.6) is 0 Å². The van der Waals surface area contributed by atoms with Gasteiger partial charge in [0.15, 0.2) is 0 Å². The van der Waals surface area contributed by atoms with Crippen LogP contribution in [0.15, 0.2) is 19.0 Å². The molecule has 0 aliphatic carbocycles. The average molecular weight is 217 g/mol. The predicted octanol–water partition coefficient (Wildman–Crippen LogP) is -2.11. The first kappa shape index (κ1) is 10.4. The van der Waals surface area contributed by atoms with Crippen molar-refractivity contribution < 1.29 is 21.5 Å². The SMILES string of the molecule is C=C(C)c1n(C)cc[n+]1C.[Br-]. The topological polar surface area (TPSA) is 8.81 Å². The van der Waals surface area contributed by atoms with Crippen molar-refractivity contribution in [1.29, 1.82) is 0 Å². The van der Waals surface area contributed by atoms with Crippen LogP contribution in [0.4, 0.5) is 0 Å². The lowest BCUT2D eigenvalue weighted by atomic mass is 10.3. The van der Waals surface area contributed by atoms with Crippen LogP contribution in [0.2, 0.25) is 0 Å². The molecule has 0 atom stereocenters. The Hall–Kier alpha value is -0.570. The van der Waals surface area contributed by atoms with Gasteiger partial charge in [0.2, 0.25) is 0 Å². The molecule has 11 heavy (non-hydrogen) atoms. The molecule has 0 aromatic carbocycles. The lowest BCUT2D eigenvalue weighted by molar-refractivity contribution is -0.673. The Balaban J connectivity index is 0.000001000. The molecule has 0 aliphatic rings. The Morgan fingerprint density at radius 2 is 2.18 bits per heavy atom. The first-order valence-corrected chi connectivity index (χ1v) is 3.29. The molecule has 2 nitrogen and oxygen atoms in total. The standard InChI is InChI=1S/C8H13N2.BrH/c1-7(2)8-9(3)5-6-10(8)4;/h5-6H,1H2,2-4H3;1H/q+1;/p-1. The summed E-state index contributed by atoms with van der Waals surface area (Å²) in [6.45, 7) is 5.89. The number of halogens is 1. The molecular weight excluding hydrogens is 204 g/mol. The Morgan fingerprint density at radius 3 is 2.36 bits per heavy atom. The molecule has 0 N–H and O–H groups in total. The van der Waals surface area contributed by atoms with E-state index in [9.17, 15) is 0 Å². The fourth-order valence-corrected chi connectivity index (χ4v) is 1.19. The molecule has 1 rings (SSSR count). The summed E-state index contributed by atoms with van der Waals surface area (Å²) in [5, 5.41) is 0. The lowest BCUT2D eigenvalue weighted by Gasteiger charge is -1.94. The van der Waals surface area contributed by atoms with Gasteiger partial charge in [-0.05, 0) is 6.92 Å². The molecule has 0 bridgehead atoms. The van der Waals surface area contributed by atoms with Crippen molar-refractivity contribution in [3.63, 3.8) is 0 Å². The average Bonchev–Trinajstić information content (AvgIpc) is 2.11. The second-order valence-corrected chi connectivity index (χ2v) is 2.62. The normalized spacial score (nSPS) is 9.00. The minimum Gasteiger partial charge on any atom is -1.00 e. The third kappa shape index (κ3) is 1.93. The lowest BCUT2D eigenvalue weighted by Crippen LogP contribution is -3.00. The zero-order valence-corrected chi connectivity index (χ0v) is 8.72. The van der Waals surface area contributed by atoms with Gasteiger partial charge in [-0.3, -0.25) is 0 Å². The van der Waals surface area contributed by atoms with E-state index in [4.69, 9.17) is 0 Å².